The summed E-state index contributed by atoms with van der Waals surface area (Å²) in [5, 5.41) is 4.34. The Bertz CT molecular complexity index is 1040. The van der Waals surface area contributed by atoms with E-state index < -0.39 is 0 Å². The first kappa shape index (κ1) is 21.3. The van der Waals surface area contributed by atoms with Gasteiger partial charge in [-0.25, -0.2) is 9.97 Å². The summed E-state index contributed by atoms with van der Waals surface area (Å²) in [5.41, 5.74) is 3.49. The van der Waals surface area contributed by atoms with Crippen LogP contribution >= 0.6 is 0 Å². The van der Waals surface area contributed by atoms with Crippen LogP contribution in [0.1, 0.15) is 26.3 Å². The molecule has 0 aromatic carbocycles. The molecule has 1 saturated heterocycles. The number of aromatic nitrogens is 3. The lowest BCUT2D eigenvalue weighted by molar-refractivity contribution is -0.138. The zero-order chi connectivity index (χ0) is 21.6. The Labute approximate surface area is 176 Å². The van der Waals surface area contributed by atoms with Crippen LogP contribution in [0.15, 0.2) is 36.8 Å². The van der Waals surface area contributed by atoms with Gasteiger partial charge in [0.15, 0.2) is 0 Å². The molecule has 7 heteroatoms. The van der Waals surface area contributed by atoms with Gasteiger partial charge in [0.1, 0.15) is 17.1 Å². The zero-order valence-corrected chi connectivity index (χ0v) is 17.6. The van der Waals surface area contributed by atoms with Gasteiger partial charge in [-0.3, -0.25) is 4.79 Å². The fourth-order valence-electron chi connectivity index (χ4n) is 3.09. The summed E-state index contributed by atoms with van der Waals surface area (Å²) in [5.74, 6) is 3.70. The molecule has 0 radical (unpaired) electrons. The first-order valence-electron chi connectivity index (χ1n) is 9.88. The van der Waals surface area contributed by atoms with Crippen LogP contribution < -0.4 is 10.2 Å². The number of ether oxygens (including phenoxy) is 1. The molecule has 0 aliphatic carbocycles. The molecule has 30 heavy (non-hydrogen) atoms. The van der Waals surface area contributed by atoms with Crippen molar-refractivity contribution in [3.63, 3.8) is 0 Å². The van der Waals surface area contributed by atoms with Gasteiger partial charge >= 0.3 is 0 Å². The molecule has 1 aliphatic rings. The maximum Gasteiger partial charge on any atom is 0.293 e. The van der Waals surface area contributed by atoms with Crippen molar-refractivity contribution in [2.24, 2.45) is 0 Å². The van der Waals surface area contributed by atoms with Gasteiger partial charge in [0.2, 0.25) is 0 Å². The number of nitrogens with one attached hydrogen (secondary N) is 2. The number of carbonyl (C=O) groups is 1. The molecule has 4 rings (SSSR count). The second-order valence-corrected chi connectivity index (χ2v) is 7.93. The molecule has 3 aromatic heterocycles. The molecule has 156 valence electrons. The Hall–Kier alpha value is -3.37. The van der Waals surface area contributed by atoms with Crippen LogP contribution in [-0.4, -0.2) is 53.2 Å². The fourth-order valence-corrected chi connectivity index (χ4v) is 3.09. The smallest absolute Gasteiger partial charge is 0.293 e. The molecule has 0 saturated carbocycles. The molecule has 0 unspecified atom stereocenters. The molecule has 0 atom stereocenters. The number of anilines is 1. The Morgan fingerprint density at radius 2 is 1.97 bits per heavy atom. The van der Waals surface area contributed by atoms with Crippen LogP contribution in [0.2, 0.25) is 0 Å². The minimum atomic E-state index is -0.318. The number of pyridine rings is 2. The number of hydrogen-bond acceptors (Lipinski definition) is 6. The van der Waals surface area contributed by atoms with Crippen molar-refractivity contribution >= 4 is 23.3 Å². The van der Waals surface area contributed by atoms with Crippen molar-refractivity contribution in [3.8, 4) is 23.5 Å². The van der Waals surface area contributed by atoms with Gasteiger partial charge < -0.3 is 19.9 Å². The second kappa shape index (κ2) is 9.42. The maximum atomic E-state index is 9.60. The number of rotatable bonds is 3. The van der Waals surface area contributed by atoms with E-state index in [0.29, 0.717) is 6.47 Å². The van der Waals surface area contributed by atoms with E-state index in [9.17, 15) is 4.79 Å². The molecule has 3 aromatic rings. The van der Waals surface area contributed by atoms with Crippen LogP contribution in [0.4, 0.5) is 5.82 Å². The second-order valence-electron chi connectivity index (χ2n) is 7.93. The highest BCUT2D eigenvalue weighted by atomic mass is 16.5. The van der Waals surface area contributed by atoms with Gasteiger partial charge in [-0.2, -0.15) is 0 Å². The van der Waals surface area contributed by atoms with Gasteiger partial charge in [-0.05, 0) is 44.5 Å². The Kier molecular flexibility index (Phi) is 6.70. The average Bonchev–Trinajstić information content (AvgIpc) is 3.16. The van der Waals surface area contributed by atoms with Crippen LogP contribution in [0.25, 0.3) is 22.2 Å². The summed E-state index contributed by atoms with van der Waals surface area (Å²) in [7, 11) is 0. The van der Waals surface area contributed by atoms with Crippen molar-refractivity contribution in [2.75, 3.05) is 31.1 Å². The quantitative estimate of drug-likeness (QED) is 0.515. The number of carbonyl (C=O) groups excluding carboxylic acids is 1. The van der Waals surface area contributed by atoms with E-state index in [2.05, 4.69) is 48.0 Å². The van der Waals surface area contributed by atoms with E-state index in [4.69, 9.17) is 6.42 Å². The van der Waals surface area contributed by atoms with E-state index >= 15 is 0 Å². The SMILES string of the molecule is C#Cc1c[nH]c2ncc(-c3ccnc(N4CCNCC4)c3)cc12.CC(C)(C)OC=O. The summed E-state index contributed by atoms with van der Waals surface area (Å²) in [6.45, 7) is 9.87. The van der Waals surface area contributed by atoms with Crippen molar-refractivity contribution in [2.45, 2.75) is 26.4 Å². The summed E-state index contributed by atoms with van der Waals surface area (Å²) >= 11 is 0. The van der Waals surface area contributed by atoms with Crippen molar-refractivity contribution < 1.29 is 9.53 Å². The highest BCUT2D eigenvalue weighted by Crippen LogP contribution is 2.26. The maximum absolute atomic E-state index is 9.60. The number of piperazine rings is 1. The van der Waals surface area contributed by atoms with Crippen LogP contribution in [0, 0.1) is 12.3 Å². The Balaban J connectivity index is 0.000000318. The van der Waals surface area contributed by atoms with Crippen molar-refractivity contribution in [1.82, 2.24) is 20.3 Å². The molecule has 0 bridgehead atoms. The third kappa shape index (κ3) is 5.37. The molecule has 0 spiro atoms. The summed E-state index contributed by atoms with van der Waals surface area (Å²) in [6, 6.07) is 6.22. The standard InChI is InChI=1S/C18H17N5.C5H10O2/c1-2-13-11-21-18-16(13)9-15(12-22-18)14-3-4-20-17(10-14)23-7-5-19-6-8-23;1-5(2,3)7-4-6/h1,3-4,9-12,19H,5-8H2,(H,21,22);4H,1-3H3. The van der Waals surface area contributed by atoms with Gasteiger partial charge in [0.25, 0.3) is 6.47 Å². The number of H-pyrrole nitrogens is 1. The van der Waals surface area contributed by atoms with Crippen LogP contribution in [-0.2, 0) is 9.53 Å². The average molecular weight is 406 g/mol. The monoisotopic (exact) mass is 405 g/mol. The zero-order valence-electron chi connectivity index (χ0n) is 17.6. The lowest BCUT2D eigenvalue weighted by Gasteiger charge is -2.28. The van der Waals surface area contributed by atoms with E-state index in [1.165, 1.54) is 0 Å². The van der Waals surface area contributed by atoms with Gasteiger partial charge in [-0.1, -0.05) is 5.92 Å². The summed E-state index contributed by atoms with van der Waals surface area (Å²) in [6.07, 6.45) is 11.1. The molecule has 1 aliphatic heterocycles. The fraction of sp³-hybridized carbons (Fsp3) is 0.348. The molecule has 1 fully saturated rings. The van der Waals surface area contributed by atoms with Gasteiger partial charge in [0, 0.05) is 55.7 Å². The predicted octanol–water partition coefficient (Wildman–Crippen LogP) is 2.97. The first-order valence-corrected chi connectivity index (χ1v) is 9.88. The molecule has 7 nitrogen and oxygen atoms in total. The number of aromatic amines is 1. The minimum Gasteiger partial charge on any atom is -0.462 e. The number of terminal acetylenes is 1. The molecular weight excluding hydrogens is 378 g/mol. The molecule has 0 amide bonds. The minimum absolute atomic E-state index is 0.318. The van der Waals surface area contributed by atoms with Gasteiger partial charge in [0.05, 0.1) is 5.56 Å². The third-order valence-corrected chi connectivity index (χ3v) is 4.61. The molecule has 2 N–H and O–H groups in total. The van der Waals surface area contributed by atoms with E-state index in [1.54, 1.807) is 0 Å². The number of hydrogen-bond donors (Lipinski definition) is 2. The van der Waals surface area contributed by atoms with Crippen molar-refractivity contribution in [3.05, 3.63) is 42.4 Å². The number of fused-ring (bicyclic) bond motifs is 1. The molecular formula is C23H27N5O2. The topological polar surface area (TPSA) is 83.1 Å². The van der Waals surface area contributed by atoms with Crippen molar-refractivity contribution in [1.29, 1.82) is 0 Å². The summed E-state index contributed by atoms with van der Waals surface area (Å²) in [4.78, 5) is 24.0. The third-order valence-electron chi connectivity index (χ3n) is 4.61. The molecule has 4 heterocycles. The Morgan fingerprint density at radius 3 is 2.60 bits per heavy atom. The Morgan fingerprint density at radius 1 is 1.20 bits per heavy atom. The van der Waals surface area contributed by atoms with E-state index in [-0.39, 0.29) is 5.60 Å². The highest BCUT2D eigenvalue weighted by Gasteiger charge is 2.13. The first-order chi connectivity index (χ1) is 14.4. The predicted molar refractivity (Wildman–Crippen MR) is 119 cm³/mol. The lowest BCUT2D eigenvalue weighted by atomic mass is 10.1. The van der Waals surface area contributed by atoms with E-state index in [0.717, 1.165) is 59.7 Å². The number of nitrogens with zero attached hydrogens (tertiary/aromatic N) is 3. The van der Waals surface area contributed by atoms with E-state index in [1.807, 2.05) is 45.4 Å². The van der Waals surface area contributed by atoms with Crippen LogP contribution in [0.3, 0.4) is 0 Å². The largest absolute Gasteiger partial charge is 0.462 e. The lowest BCUT2D eigenvalue weighted by Crippen LogP contribution is -2.43. The normalized spacial score (nSPS) is 13.9. The summed E-state index contributed by atoms with van der Waals surface area (Å²) < 4.78 is 4.55. The highest BCUT2D eigenvalue weighted by molar-refractivity contribution is 5.87. The van der Waals surface area contributed by atoms with Gasteiger partial charge in [-0.15, -0.1) is 6.42 Å². The van der Waals surface area contributed by atoms with Crippen LogP contribution in [0.5, 0.6) is 0 Å².